The number of ether oxygens (including phenoxy) is 2. The van der Waals surface area contributed by atoms with Crippen LogP contribution in [0.1, 0.15) is 99.6 Å². The first-order chi connectivity index (χ1) is 23.8. The third-order valence-electron chi connectivity index (χ3n) is 8.12. The van der Waals surface area contributed by atoms with Gasteiger partial charge in [-0.25, -0.2) is 4.79 Å². The predicted octanol–water partition coefficient (Wildman–Crippen LogP) is 2.78. The number of aliphatic hydroxyl groups is 1. The van der Waals surface area contributed by atoms with Crippen molar-refractivity contribution in [3.63, 3.8) is 0 Å². The maximum Gasteiger partial charge on any atom is 0.407 e. The molecule has 14 nitrogen and oxygen atoms in total. The molecule has 0 saturated carbocycles. The molecule has 1 aromatic carbocycles. The number of Topliss-reactive ketones (excluding diaryl/α,β-unsaturated/α-hetero) is 1. The van der Waals surface area contributed by atoms with Gasteiger partial charge in [0.1, 0.15) is 12.1 Å². The summed E-state index contributed by atoms with van der Waals surface area (Å²) in [6.45, 7) is 16.0. The van der Waals surface area contributed by atoms with E-state index in [1.165, 1.54) is 4.90 Å². The van der Waals surface area contributed by atoms with E-state index in [1.54, 1.807) is 51.1 Å². The number of carbonyl (C=O) groups excluding carboxylic acids is 6. The lowest BCUT2D eigenvalue weighted by Gasteiger charge is -2.35. The molecule has 0 aliphatic carbocycles. The molecule has 1 aliphatic rings. The average Bonchev–Trinajstić information content (AvgIpc) is 3.47. The Labute approximate surface area is 302 Å². The van der Waals surface area contributed by atoms with Crippen LogP contribution in [-0.2, 0) is 33.4 Å². The van der Waals surface area contributed by atoms with E-state index >= 15 is 0 Å². The molecule has 0 bridgehead atoms. The lowest BCUT2D eigenvalue weighted by Crippen LogP contribution is -2.59. The van der Waals surface area contributed by atoms with Crippen LogP contribution in [-0.4, -0.2) is 102 Å². The molecule has 1 heterocycles. The molecular formula is C37H59N5O9. The lowest BCUT2D eigenvalue weighted by atomic mass is 9.85. The molecule has 0 aromatic heterocycles. The van der Waals surface area contributed by atoms with Gasteiger partial charge in [0.25, 0.3) is 5.91 Å². The number of alkyl carbamates (subject to hydrolysis) is 1. The summed E-state index contributed by atoms with van der Waals surface area (Å²) < 4.78 is 11.5. The second-order valence-electron chi connectivity index (χ2n) is 15.5. The fourth-order valence-corrected chi connectivity index (χ4v) is 5.61. The van der Waals surface area contributed by atoms with Crippen molar-refractivity contribution in [3.05, 3.63) is 35.9 Å². The van der Waals surface area contributed by atoms with Gasteiger partial charge >= 0.3 is 6.09 Å². The number of ketones is 1. The highest BCUT2D eigenvalue weighted by Crippen LogP contribution is 2.29. The molecule has 5 atom stereocenters. The number of nitrogens with zero attached hydrogens (tertiary/aromatic N) is 1. The Kier molecular flexibility index (Phi) is 16.5. The van der Waals surface area contributed by atoms with Crippen LogP contribution in [0.5, 0.6) is 0 Å². The number of amides is 5. The highest BCUT2D eigenvalue weighted by molar-refractivity contribution is 6.38. The summed E-state index contributed by atoms with van der Waals surface area (Å²) >= 11 is 0. The number of unbranched alkanes of at least 4 members (excludes halogenated alkanes) is 1. The Morgan fingerprint density at radius 1 is 0.961 bits per heavy atom. The molecule has 1 fully saturated rings. The molecule has 1 aliphatic heterocycles. The van der Waals surface area contributed by atoms with E-state index in [9.17, 15) is 33.9 Å². The van der Waals surface area contributed by atoms with E-state index < -0.39 is 83.3 Å². The van der Waals surface area contributed by atoms with Gasteiger partial charge in [-0.1, -0.05) is 84.7 Å². The number of aliphatic hydroxyl groups excluding tert-OH is 1. The molecular weight excluding hydrogens is 658 g/mol. The van der Waals surface area contributed by atoms with Crippen LogP contribution in [0.15, 0.2) is 30.3 Å². The monoisotopic (exact) mass is 717 g/mol. The molecule has 1 saturated heterocycles. The van der Waals surface area contributed by atoms with Crippen molar-refractivity contribution in [2.24, 2.45) is 11.3 Å². The topological polar surface area (TPSA) is 192 Å². The predicted molar refractivity (Wildman–Crippen MR) is 191 cm³/mol. The summed E-state index contributed by atoms with van der Waals surface area (Å²) in [5.74, 6) is -3.69. The van der Waals surface area contributed by atoms with Crippen molar-refractivity contribution in [3.8, 4) is 0 Å². The minimum atomic E-state index is -1.22. The Hall–Kier alpha value is -4.04. The Morgan fingerprint density at radius 3 is 2.16 bits per heavy atom. The molecule has 286 valence electrons. The minimum Gasteiger partial charge on any atom is -0.449 e. The van der Waals surface area contributed by atoms with Gasteiger partial charge in [0.05, 0.1) is 43.5 Å². The number of benzene rings is 1. The lowest BCUT2D eigenvalue weighted by molar-refractivity contribution is -0.144. The summed E-state index contributed by atoms with van der Waals surface area (Å²) in [4.78, 5) is 81.1. The maximum absolute atomic E-state index is 14.2. The van der Waals surface area contributed by atoms with Crippen molar-refractivity contribution >= 4 is 35.5 Å². The third-order valence-corrected chi connectivity index (χ3v) is 8.12. The molecule has 5 amide bonds. The summed E-state index contributed by atoms with van der Waals surface area (Å²) in [5.41, 5.74) is -0.682. The fourth-order valence-electron chi connectivity index (χ4n) is 5.61. The second-order valence-corrected chi connectivity index (χ2v) is 15.5. The minimum absolute atomic E-state index is 0.0600. The second kappa shape index (κ2) is 19.5. The summed E-state index contributed by atoms with van der Waals surface area (Å²) in [6, 6.07) is 4.75. The van der Waals surface area contributed by atoms with Gasteiger partial charge in [0.2, 0.25) is 23.5 Å². The molecule has 5 N–H and O–H groups in total. The van der Waals surface area contributed by atoms with Crippen LogP contribution in [0.2, 0.25) is 0 Å². The first-order valence-corrected chi connectivity index (χ1v) is 17.8. The Balaban J connectivity index is 2.24. The summed E-state index contributed by atoms with van der Waals surface area (Å²) in [7, 11) is 0. The van der Waals surface area contributed by atoms with Crippen molar-refractivity contribution in [2.45, 2.75) is 124 Å². The molecule has 1 unspecified atom stereocenters. The van der Waals surface area contributed by atoms with E-state index in [4.69, 9.17) is 9.47 Å². The number of rotatable bonds is 17. The zero-order chi connectivity index (χ0) is 38.5. The first-order valence-electron chi connectivity index (χ1n) is 17.8. The molecule has 1 aromatic rings. The SMILES string of the molecule is CCCCC(NC(=O)[C@@H]1C[C@@H](OC(C)(C)C)CN1C(=O)[C@@H](NC(=O)OCC(C)C)C(C)(C)C)C(=O)C(=O)NCC(=O)N[C@H](CO)c1ccccc1. The van der Waals surface area contributed by atoms with Crippen molar-refractivity contribution < 1.29 is 43.3 Å². The first kappa shape index (κ1) is 43.1. The van der Waals surface area contributed by atoms with Gasteiger partial charge in [-0.05, 0) is 44.1 Å². The number of hydrogen-bond donors (Lipinski definition) is 5. The van der Waals surface area contributed by atoms with Crippen molar-refractivity contribution in [1.82, 2.24) is 26.2 Å². The molecule has 0 radical (unpaired) electrons. The van der Waals surface area contributed by atoms with E-state index in [1.807, 2.05) is 41.5 Å². The van der Waals surface area contributed by atoms with Crippen LogP contribution in [0.4, 0.5) is 4.79 Å². The van der Waals surface area contributed by atoms with Gasteiger partial charge in [-0.3, -0.25) is 24.0 Å². The van der Waals surface area contributed by atoms with Crippen LogP contribution in [0.3, 0.4) is 0 Å². The quantitative estimate of drug-likeness (QED) is 0.151. The number of carbonyl (C=O) groups is 6. The highest BCUT2D eigenvalue weighted by Gasteiger charge is 2.47. The fraction of sp³-hybridized carbons (Fsp3) is 0.676. The molecule has 14 heteroatoms. The van der Waals surface area contributed by atoms with E-state index in [0.717, 1.165) is 0 Å². The summed E-state index contributed by atoms with van der Waals surface area (Å²) in [5, 5.41) is 20.1. The van der Waals surface area contributed by atoms with Gasteiger partial charge in [-0.15, -0.1) is 0 Å². The molecule has 51 heavy (non-hydrogen) atoms. The number of nitrogens with one attached hydrogen (secondary N) is 4. The van der Waals surface area contributed by atoms with Crippen molar-refractivity contribution in [2.75, 3.05) is 26.3 Å². The van der Waals surface area contributed by atoms with Crippen LogP contribution in [0.25, 0.3) is 0 Å². The number of likely N-dealkylation sites (tertiary alicyclic amines) is 1. The van der Waals surface area contributed by atoms with Gasteiger partial charge < -0.3 is 40.7 Å². The Morgan fingerprint density at radius 2 is 1.61 bits per heavy atom. The van der Waals surface area contributed by atoms with E-state index in [2.05, 4.69) is 21.3 Å². The van der Waals surface area contributed by atoms with Crippen LogP contribution >= 0.6 is 0 Å². The zero-order valence-electron chi connectivity index (χ0n) is 31.7. The third kappa shape index (κ3) is 14.2. The smallest absolute Gasteiger partial charge is 0.407 e. The average molecular weight is 718 g/mol. The largest absolute Gasteiger partial charge is 0.449 e. The normalized spacial score (nSPS) is 18.0. The van der Waals surface area contributed by atoms with Gasteiger partial charge in [0.15, 0.2) is 0 Å². The van der Waals surface area contributed by atoms with Gasteiger partial charge in [0, 0.05) is 13.0 Å². The maximum atomic E-state index is 14.2. The standard InChI is InChI=1S/C37H59N5O9/c1-10-11-17-26(30(45)33(47)38-19-29(44)39-27(21-43)24-15-13-12-14-16-24)40-32(46)28-18-25(51-37(7,8)9)20-42(28)34(48)31(36(4,5)6)41-35(49)50-22-23(2)3/h12-16,23,25-28,31,43H,10-11,17-22H2,1-9H3,(H,38,47)(H,39,44)(H,40,46)(H,41,49)/t25-,26?,27-,28+,31-/m1/s1. The summed E-state index contributed by atoms with van der Waals surface area (Å²) in [6.07, 6.45) is 0.181. The van der Waals surface area contributed by atoms with E-state index in [0.29, 0.717) is 18.4 Å². The highest BCUT2D eigenvalue weighted by atomic mass is 16.5. The van der Waals surface area contributed by atoms with Gasteiger partial charge in [-0.2, -0.15) is 0 Å². The van der Waals surface area contributed by atoms with E-state index in [-0.39, 0.29) is 38.5 Å². The molecule has 2 rings (SSSR count). The van der Waals surface area contributed by atoms with Crippen LogP contribution in [0, 0.1) is 11.3 Å². The number of hydrogen-bond acceptors (Lipinski definition) is 9. The molecule has 0 spiro atoms. The van der Waals surface area contributed by atoms with Crippen LogP contribution < -0.4 is 21.3 Å². The zero-order valence-corrected chi connectivity index (χ0v) is 31.7. The Bertz CT molecular complexity index is 1340. The van der Waals surface area contributed by atoms with Crippen molar-refractivity contribution in [1.29, 1.82) is 0 Å².